The number of aromatic hydroxyl groups is 1. The summed E-state index contributed by atoms with van der Waals surface area (Å²) < 4.78 is 31.5. The second-order valence-corrected chi connectivity index (χ2v) is 4.33. The van der Waals surface area contributed by atoms with Crippen molar-refractivity contribution in [3.05, 3.63) is 28.0 Å². The first-order valence-electron chi connectivity index (χ1n) is 5.13. The highest BCUT2D eigenvalue weighted by Crippen LogP contribution is 2.33. The third-order valence-corrected chi connectivity index (χ3v) is 2.90. The van der Waals surface area contributed by atoms with Crippen LogP contribution in [-0.4, -0.2) is 23.9 Å². The second kappa shape index (κ2) is 7.62. The zero-order valence-electron chi connectivity index (χ0n) is 9.90. The van der Waals surface area contributed by atoms with Crippen LogP contribution >= 0.6 is 28.3 Å². The van der Waals surface area contributed by atoms with Gasteiger partial charge in [0.1, 0.15) is 0 Å². The van der Waals surface area contributed by atoms with Gasteiger partial charge in [0, 0.05) is 5.56 Å². The Hall–Kier alpha value is -0.920. The minimum Gasteiger partial charge on any atom is -0.505 e. The number of hydrogen-bond acceptors (Lipinski definition) is 4. The summed E-state index contributed by atoms with van der Waals surface area (Å²) >= 11 is 2.86. The number of halogens is 4. The summed E-state index contributed by atoms with van der Waals surface area (Å²) in [5.74, 6) is -2.89. The molecule has 0 aromatic heterocycles. The number of phenolic OH excluding ortho intramolecular Hbond substituents is 1. The van der Waals surface area contributed by atoms with E-state index in [4.69, 9.17) is 5.73 Å². The lowest BCUT2D eigenvalue weighted by Gasteiger charge is -2.17. The molecule has 0 aliphatic rings. The molecule has 0 saturated carbocycles. The van der Waals surface area contributed by atoms with Crippen molar-refractivity contribution in [1.82, 2.24) is 0 Å². The van der Waals surface area contributed by atoms with Crippen LogP contribution in [0.2, 0.25) is 0 Å². The maximum atomic E-state index is 13.6. The van der Waals surface area contributed by atoms with Crippen LogP contribution in [0.5, 0.6) is 5.75 Å². The molecule has 0 radical (unpaired) electrons. The fourth-order valence-corrected chi connectivity index (χ4v) is 1.67. The number of benzene rings is 1. The normalized spacial score (nSPS) is 13.3. The number of phenols is 1. The molecule has 1 aromatic rings. The quantitative estimate of drug-likeness (QED) is 0.810. The monoisotopic (exact) mass is 359 g/mol. The van der Waals surface area contributed by atoms with Gasteiger partial charge in [-0.3, -0.25) is 0 Å². The van der Waals surface area contributed by atoms with E-state index >= 15 is 0 Å². The Balaban J connectivity index is 0.00000324. The van der Waals surface area contributed by atoms with E-state index < -0.39 is 29.7 Å². The average Bonchev–Trinajstić information content (AvgIpc) is 2.35. The van der Waals surface area contributed by atoms with Crippen molar-refractivity contribution in [3.8, 4) is 5.75 Å². The van der Waals surface area contributed by atoms with Crippen molar-refractivity contribution < 1.29 is 23.4 Å². The predicted octanol–water partition coefficient (Wildman–Crippen LogP) is 2.62. The molecular formula is C11H13BrClF2NO3. The molecule has 0 bridgehead atoms. The molecule has 0 aliphatic carbocycles. The van der Waals surface area contributed by atoms with Gasteiger partial charge < -0.3 is 15.6 Å². The maximum Gasteiger partial charge on any atom is 0.342 e. The lowest BCUT2D eigenvalue weighted by Crippen LogP contribution is -2.31. The van der Waals surface area contributed by atoms with Crippen LogP contribution in [0, 0.1) is 5.82 Å². The lowest BCUT2D eigenvalue weighted by atomic mass is 10.0. The minimum atomic E-state index is -2.17. The van der Waals surface area contributed by atoms with Crippen LogP contribution in [0.4, 0.5) is 8.78 Å². The Morgan fingerprint density at radius 1 is 1.58 bits per heavy atom. The summed E-state index contributed by atoms with van der Waals surface area (Å²) in [7, 11) is 0. The standard InChI is InChI=1S/C11H12BrF2NO3.ClH/c1-2-18-11(17)8(14)9(15)5-3-4-6(12)7(13)10(5)16;/h3-4,8-9,16H,2,15H2,1H3;1H/t8?,9-;/m0./s1. The number of esters is 1. The fourth-order valence-electron chi connectivity index (χ4n) is 1.35. The van der Waals surface area contributed by atoms with E-state index in [2.05, 4.69) is 20.7 Å². The van der Waals surface area contributed by atoms with Crippen molar-refractivity contribution in [3.63, 3.8) is 0 Å². The largest absolute Gasteiger partial charge is 0.505 e. The van der Waals surface area contributed by atoms with Gasteiger partial charge in [-0.2, -0.15) is 0 Å². The molecule has 0 saturated heterocycles. The minimum absolute atomic E-state index is 0. The Kier molecular flexibility index (Phi) is 7.25. The number of carbonyl (C=O) groups excluding carboxylic acids is 1. The molecule has 0 fully saturated rings. The molecule has 1 unspecified atom stereocenters. The Labute approximate surface area is 123 Å². The van der Waals surface area contributed by atoms with Crippen LogP contribution in [-0.2, 0) is 9.53 Å². The second-order valence-electron chi connectivity index (χ2n) is 3.48. The van der Waals surface area contributed by atoms with Gasteiger partial charge in [0.2, 0.25) is 6.17 Å². The molecule has 3 N–H and O–H groups in total. The Morgan fingerprint density at radius 2 is 2.16 bits per heavy atom. The van der Waals surface area contributed by atoms with Crippen molar-refractivity contribution in [1.29, 1.82) is 0 Å². The number of hydrogen-bond donors (Lipinski definition) is 2. The smallest absolute Gasteiger partial charge is 0.342 e. The summed E-state index contributed by atoms with van der Waals surface area (Å²) in [4.78, 5) is 11.2. The Bertz CT molecular complexity index is 462. The highest BCUT2D eigenvalue weighted by molar-refractivity contribution is 9.10. The van der Waals surface area contributed by atoms with Gasteiger partial charge in [-0.25, -0.2) is 13.6 Å². The van der Waals surface area contributed by atoms with Gasteiger partial charge in [-0.05, 0) is 28.9 Å². The highest BCUT2D eigenvalue weighted by atomic mass is 79.9. The third kappa shape index (κ3) is 4.02. The molecule has 0 amide bonds. The zero-order chi connectivity index (χ0) is 13.9. The summed E-state index contributed by atoms with van der Waals surface area (Å²) in [5.41, 5.74) is 5.27. The molecule has 0 spiro atoms. The van der Waals surface area contributed by atoms with E-state index in [0.717, 1.165) is 0 Å². The summed E-state index contributed by atoms with van der Waals surface area (Å²) in [6, 6.07) is 1.01. The van der Waals surface area contributed by atoms with Gasteiger partial charge >= 0.3 is 5.97 Å². The van der Waals surface area contributed by atoms with Crippen molar-refractivity contribution >= 4 is 34.3 Å². The van der Waals surface area contributed by atoms with Crippen LogP contribution in [0.1, 0.15) is 18.5 Å². The van der Waals surface area contributed by atoms with Gasteiger partial charge in [0.15, 0.2) is 11.6 Å². The van der Waals surface area contributed by atoms with E-state index in [0.29, 0.717) is 0 Å². The van der Waals surface area contributed by atoms with E-state index in [1.54, 1.807) is 0 Å². The molecule has 0 aliphatic heterocycles. The van der Waals surface area contributed by atoms with E-state index in [1.807, 2.05) is 0 Å². The lowest BCUT2D eigenvalue weighted by molar-refractivity contribution is -0.149. The summed E-state index contributed by atoms with van der Waals surface area (Å²) in [6.45, 7) is 1.53. The molecule has 1 aromatic carbocycles. The molecule has 1 rings (SSSR count). The first-order valence-corrected chi connectivity index (χ1v) is 5.92. The van der Waals surface area contributed by atoms with E-state index in [-0.39, 0.29) is 29.1 Å². The summed E-state index contributed by atoms with van der Waals surface area (Å²) in [6.07, 6.45) is -2.17. The molecule has 8 heteroatoms. The first-order chi connectivity index (χ1) is 8.40. The fraction of sp³-hybridized carbons (Fsp3) is 0.364. The molecular weight excluding hydrogens is 347 g/mol. The molecule has 108 valence electrons. The molecule has 19 heavy (non-hydrogen) atoms. The predicted molar refractivity (Wildman–Crippen MR) is 71.5 cm³/mol. The van der Waals surface area contributed by atoms with Crippen molar-refractivity contribution in [2.24, 2.45) is 5.73 Å². The number of alkyl halides is 1. The van der Waals surface area contributed by atoms with Crippen LogP contribution in [0.25, 0.3) is 0 Å². The van der Waals surface area contributed by atoms with E-state index in [9.17, 15) is 18.7 Å². The number of ether oxygens (including phenoxy) is 1. The van der Waals surface area contributed by atoms with Gasteiger partial charge in [0.25, 0.3) is 0 Å². The topological polar surface area (TPSA) is 72.5 Å². The van der Waals surface area contributed by atoms with Crippen LogP contribution in [0.15, 0.2) is 16.6 Å². The maximum absolute atomic E-state index is 13.6. The number of carbonyl (C=O) groups is 1. The first kappa shape index (κ1) is 18.1. The number of nitrogens with two attached hydrogens (primary N) is 1. The van der Waals surface area contributed by atoms with Crippen LogP contribution < -0.4 is 5.73 Å². The molecule has 4 nitrogen and oxygen atoms in total. The zero-order valence-corrected chi connectivity index (χ0v) is 12.3. The average molecular weight is 361 g/mol. The Morgan fingerprint density at radius 3 is 2.68 bits per heavy atom. The SMILES string of the molecule is CCOC(=O)C(F)[C@@H](N)c1ccc(Br)c(F)c1O.Cl. The molecule has 2 atom stereocenters. The summed E-state index contributed by atoms with van der Waals surface area (Å²) in [5, 5.41) is 9.51. The highest BCUT2D eigenvalue weighted by Gasteiger charge is 2.30. The number of rotatable bonds is 4. The van der Waals surface area contributed by atoms with Crippen molar-refractivity contribution in [2.45, 2.75) is 19.1 Å². The third-order valence-electron chi connectivity index (χ3n) is 2.29. The van der Waals surface area contributed by atoms with Crippen molar-refractivity contribution in [2.75, 3.05) is 6.61 Å². The van der Waals surface area contributed by atoms with Crippen LogP contribution in [0.3, 0.4) is 0 Å². The van der Waals surface area contributed by atoms with E-state index in [1.165, 1.54) is 19.1 Å². The van der Waals surface area contributed by atoms with Gasteiger partial charge in [-0.1, -0.05) is 6.07 Å². The molecule has 0 heterocycles. The van der Waals surface area contributed by atoms with Gasteiger partial charge in [0.05, 0.1) is 17.1 Å². The van der Waals surface area contributed by atoms with Gasteiger partial charge in [-0.15, -0.1) is 12.4 Å².